The molecule has 3 rings (SSSR count). The van der Waals surface area contributed by atoms with Gasteiger partial charge in [0.25, 0.3) is 5.91 Å². The van der Waals surface area contributed by atoms with Crippen molar-refractivity contribution >= 4 is 23.3 Å². The summed E-state index contributed by atoms with van der Waals surface area (Å²) in [6, 6.07) is 8.42. The highest BCUT2D eigenvalue weighted by molar-refractivity contribution is 6.30. The van der Waals surface area contributed by atoms with Gasteiger partial charge >= 0.3 is 0 Å². The van der Waals surface area contributed by atoms with Gasteiger partial charge in [0.15, 0.2) is 0 Å². The van der Waals surface area contributed by atoms with E-state index < -0.39 is 5.82 Å². The van der Waals surface area contributed by atoms with Crippen molar-refractivity contribution in [2.45, 2.75) is 25.4 Å². The molecule has 0 aliphatic heterocycles. The van der Waals surface area contributed by atoms with E-state index in [2.05, 4.69) is 15.6 Å². The summed E-state index contributed by atoms with van der Waals surface area (Å²) in [7, 11) is 0. The Morgan fingerprint density at radius 1 is 1.32 bits per heavy atom. The van der Waals surface area contributed by atoms with Crippen molar-refractivity contribution in [1.29, 1.82) is 0 Å². The van der Waals surface area contributed by atoms with Gasteiger partial charge in [0.1, 0.15) is 11.6 Å². The lowest BCUT2D eigenvalue weighted by atomic mass is 10.2. The van der Waals surface area contributed by atoms with Crippen molar-refractivity contribution in [2.24, 2.45) is 0 Å². The molecule has 1 aromatic carbocycles. The maximum atomic E-state index is 13.3. The van der Waals surface area contributed by atoms with E-state index in [0.29, 0.717) is 24.0 Å². The van der Waals surface area contributed by atoms with Gasteiger partial charge in [-0.2, -0.15) is 0 Å². The number of nitrogens with zero attached hydrogens (tertiary/aromatic N) is 1. The number of pyridine rings is 1. The van der Waals surface area contributed by atoms with Crippen LogP contribution in [0.1, 0.15) is 28.8 Å². The third kappa shape index (κ3) is 3.74. The summed E-state index contributed by atoms with van der Waals surface area (Å²) in [6.45, 7) is 0.425. The standard InChI is InChI=1S/C16H15ClFN3O/c17-13-5-1-10(7-14(13)18)8-19-15-6-2-11(9-20-15)16(22)21-12-3-4-12/h1-2,5-7,9,12H,3-4,8H2,(H,19,20)(H,21,22). The first-order valence-electron chi connectivity index (χ1n) is 7.06. The smallest absolute Gasteiger partial charge is 0.253 e. The highest BCUT2D eigenvalue weighted by Gasteiger charge is 2.23. The van der Waals surface area contributed by atoms with Gasteiger partial charge in [0.05, 0.1) is 10.6 Å². The molecule has 1 aromatic heterocycles. The molecule has 0 saturated heterocycles. The van der Waals surface area contributed by atoms with Crippen molar-refractivity contribution in [2.75, 3.05) is 5.32 Å². The van der Waals surface area contributed by atoms with Gasteiger partial charge in [-0.05, 0) is 42.7 Å². The van der Waals surface area contributed by atoms with E-state index in [4.69, 9.17) is 11.6 Å². The Bertz CT molecular complexity index is 686. The molecule has 0 bridgehead atoms. The number of aromatic nitrogens is 1. The summed E-state index contributed by atoms with van der Waals surface area (Å²) in [6.07, 6.45) is 3.63. The Morgan fingerprint density at radius 3 is 2.77 bits per heavy atom. The van der Waals surface area contributed by atoms with E-state index in [1.807, 2.05) is 0 Å². The molecular weight excluding hydrogens is 305 g/mol. The number of carbonyl (C=O) groups is 1. The summed E-state index contributed by atoms with van der Waals surface area (Å²) in [4.78, 5) is 16.0. The lowest BCUT2D eigenvalue weighted by molar-refractivity contribution is 0.0951. The van der Waals surface area contributed by atoms with Gasteiger partial charge in [-0.1, -0.05) is 17.7 Å². The number of halogens is 2. The van der Waals surface area contributed by atoms with E-state index in [1.165, 1.54) is 18.3 Å². The SMILES string of the molecule is O=C(NC1CC1)c1ccc(NCc2ccc(Cl)c(F)c2)nc1. The van der Waals surface area contributed by atoms with Crippen LogP contribution in [0.15, 0.2) is 36.5 Å². The molecule has 114 valence electrons. The monoisotopic (exact) mass is 319 g/mol. The van der Waals surface area contributed by atoms with Crippen LogP contribution in [0.3, 0.4) is 0 Å². The van der Waals surface area contributed by atoms with Crippen molar-refractivity contribution in [3.63, 3.8) is 0 Å². The van der Waals surface area contributed by atoms with E-state index in [1.54, 1.807) is 18.2 Å². The summed E-state index contributed by atoms with van der Waals surface area (Å²) in [5, 5.41) is 6.08. The second kappa shape index (κ2) is 6.32. The van der Waals surface area contributed by atoms with Crippen molar-refractivity contribution in [3.8, 4) is 0 Å². The Labute approximate surface area is 132 Å². The molecule has 6 heteroatoms. The normalized spacial score (nSPS) is 13.7. The van der Waals surface area contributed by atoms with E-state index in [-0.39, 0.29) is 10.9 Å². The lowest BCUT2D eigenvalue weighted by Gasteiger charge is -2.07. The van der Waals surface area contributed by atoms with Crippen LogP contribution in [0.2, 0.25) is 5.02 Å². The van der Waals surface area contributed by atoms with Gasteiger partial charge in [-0.3, -0.25) is 4.79 Å². The largest absolute Gasteiger partial charge is 0.366 e. The molecule has 1 aliphatic rings. The van der Waals surface area contributed by atoms with Gasteiger partial charge < -0.3 is 10.6 Å². The molecule has 0 radical (unpaired) electrons. The molecule has 1 aliphatic carbocycles. The molecule has 4 nitrogen and oxygen atoms in total. The predicted molar refractivity (Wildman–Crippen MR) is 83.5 cm³/mol. The lowest BCUT2D eigenvalue weighted by Crippen LogP contribution is -2.25. The topological polar surface area (TPSA) is 54.0 Å². The van der Waals surface area contributed by atoms with Gasteiger partial charge in [0.2, 0.25) is 0 Å². The molecule has 0 spiro atoms. The first-order valence-corrected chi connectivity index (χ1v) is 7.44. The highest BCUT2D eigenvalue weighted by atomic mass is 35.5. The molecule has 22 heavy (non-hydrogen) atoms. The first-order chi connectivity index (χ1) is 10.6. The summed E-state index contributed by atoms with van der Waals surface area (Å²) in [5.74, 6) is 0.0840. The highest BCUT2D eigenvalue weighted by Crippen LogP contribution is 2.19. The maximum absolute atomic E-state index is 13.3. The number of amides is 1. The van der Waals surface area contributed by atoms with Crippen LogP contribution in [-0.2, 0) is 6.54 Å². The van der Waals surface area contributed by atoms with Crippen molar-refractivity contribution in [1.82, 2.24) is 10.3 Å². The Hall–Kier alpha value is -2.14. The molecule has 1 amide bonds. The second-order valence-electron chi connectivity index (χ2n) is 5.28. The second-order valence-corrected chi connectivity index (χ2v) is 5.69. The van der Waals surface area contributed by atoms with E-state index in [0.717, 1.165) is 18.4 Å². The Kier molecular flexibility index (Phi) is 4.24. The van der Waals surface area contributed by atoms with E-state index >= 15 is 0 Å². The quantitative estimate of drug-likeness (QED) is 0.888. The minimum Gasteiger partial charge on any atom is -0.366 e. The number of nitrogens with one attached hydrogen (secondary N) is 2. The van der Waals surface area contributed by atoms with E-state index in [9.17, 15) is 9.18 Å². The minimum atomic E-state index is -0.443. The van der Waals surface area contributed by atoms with Crippen LogP contribution in [0.25, 0.3) is 0 Å². The molecule has 2 aromatic rings. The summed E-state index contributed by atoms with van der Waals surface area (Å²) < 4.78 is 13.3. The number of rotatable bonds is 5. The number of hydrogen-bond donors (Lipinski definition) is 2. The zero-order valence-corrected chi connectivity index (χ0v) is 12.5. The first kappa shape index (κ1) is 14.8. The third-order valence-electron chi connectivity index (χ3n) is 3.40. The molecule has 1 heterocycles. The maximum Gasteiger partial charge on any atom is 0.253 e. The van der Waals surface area contributed by atoms with Crippen molar-refractivity contribution < 1.29 is 9.18 Å². The molecule has 0 atom stereocenters. The zero-order chi connectivity index (χ0) is 15.5. The van der Waals surface area contributed by atoms with Crippen LogP contribution in [0.4, 0.5) is 10.2 Å². The van der Waals surface area contributed by atoms with Crippen molar-refractivity contribution in [3.05, 3.63) is 58.5 Å². The number of benzene rings is 1. The molecule has 1 fully saturated rings. The van der Waals surface area contributed by atoms with Gasteiger partial charge in [-0.15, -0.1) is 0 Å². The molecule has 2 N–H and O–H groups in total. The fourth-order valence-electron chi connectivity index (χ4n) is 1.97. The molecule has 1 saturated carbocycles. The Balaban J connectivity index is 1.58. The number of carbonyl (C=O) groups excluding carboxylic acids is 1. The average Bonchev–Trinajstić information content (AvgIpc) is 3.33. The molecule has 0 unspecified atom stereocenters. The fourth-order valence-corrected chi connectivity index (χ4v) is 2.09. The number of anilines is 1. The van der Waals surface area contributed by atoms with Crippen LogP contribution >= 0.6 is 11.6 Å². The van der Waals surface area contributed by atoms with Crippen LogP contribution < -0.4 is 10.6 Å². The molecular formula is C16H15ClFN3O. The van der Waals surface area contributed by atoms with Gasteiger partial charge in [-0.25, -0.2) is 9.37 Å². The summed E-state index contributed by atoms with van der Waals surface area (Å²) >= 11 is 5.64. The van der Waals surface area contributed by atoms with Crippen LogP contribution in [0, 0.1) is 5.82 Å². The average molecular weight is 320 g/mol. The Morgan fingerprint density at radius 2 is 2.14 bits per heavy atom. The van der Waals surface area contributed by atoms with Gasteiger partial charge in [0, 0.05) is 18.8 Å². The third-order valence-corrected chi connectivity index (χ3v) is 3.70. The number of hydrogen-bond acceptors (Lipinski definition) is 3. The predicted octanol–water partition coefficient (Wildman–Crippen LogP) is 3.38. The van der Waals surface area contributed by atoms with Crippen LogP contribution in [0.5, 0.6) is 0 Å². The zero-order valence-electron chi connectivity index (χ0n) is 11.8. The summed E-state index contributed by atoms with van der Waals surface area (Å²) in [5.41, 5.74) is 1.30. The minimum absolute atomic E-state index is 0.0960. The fraction of sp³-hybridized carbons (Fsp3) is 0.250. The van der Waals surface area contributed by atoms with Crippen LogP contribution in [-0.4, -0.2) is 16.9 Å².